The highest BCUT2D eigenvalue weighted by molar-refractivity contribution is 5.98. The van der Waals surface area contributed by atoms with Crippen molar-refractivity contribution in [3.05, 3.63) is 53.6 Å². The van der Waals surface area contributed by atoms with Crippen molar-refractivity contribution in [3.63, 3.8) is 0 Å². The van der Waals surface area contributed by atoms with Crippen LogP contribution in [0.25, 0.3) is 0 Å². The molecule has 3 N–H and O–H groups in total. The van der Waals surface area contributed by atoms with Gasteiger partial charge in [-0.25, -0.2) is 0 Å². The molecule has 0 saturated carbocycles. The molecule has 0 unspecified atom stereocenters. The number of nitrogens with two attached hydrogens (primary N) is 1. The third-order valence-electron chi connectivity index (χ3n) is 2.52. The first-order valence-corrected chi connectivity index (χ1v) is 5.56. The summed E-state index contributed by atoms with van der Waals surface area (Å²) in [5, 5.41) is 2.79. The number of nitrogens with one attached hydrogen (secondary N) is 1. The van der Waals surface area contributed by atoms with Gasteiger partial charge in [-0.3, -0.25) is 14.8 Å². The Hall–Kier alpha value is -2.43. The predicted octanol–water partition coefficient (Wildman–Crippen LogP) is 1.30. The number of nitrogen functional groups attached to an aromatic ring is 1. The number of hydrogen-bond donors (Lipinski definition) is 2. The summed E-state index contributed by atoms with van der Waals surface area (Å²) in [6, 6.07) is 5.43. The van der Waals surface area contributed by atoms with Gasteiger partial charge in [-0.15, -0.1) is 0 Å². The first kappa shape index (κ1) is 12.0. The standard InChI is InChI=1S/C13H14N4O/c1-9-2-3-10(6-16-9)7-17-13(18)11-4-5-15-8-12(11)14/h2-6,8H,7,14H2,1H3,(H,17,18). The van der Waals surface area contributed by atoms with Gasteiger partial charge in [0.05, 0.1) is 17.4 Å². The molecule has 0 spiro atoms. The summed E-state index contributed by atoms with van der Waals surface area (Å²) in [6.07, 6.45) is 4.74. The Morgan fingerprint density at radius 1 is 1.33 bits per heavy atom. The number of amides is 1. The maximum absolute atomic E-state index is 11.9. The molecule has 92 valence electrons. The van der Waals surface area contributed by atoms with Crippen molar-refractivity contribution in [1.82, 2.24) is 15.3 Å². The number of anilines is 1. The van der Waals surface area contributed by atoms with E-state index in [9.17, 15) is 4.79 Å². The van der Waals surface area contributed by atoms with Crippen LogP contribution in [0.1, 0.15) is 21.6 Å². The summed E-state index contributed by atoms with van der Waals surface area (Å²) in [5.41, 5.74) is 8.38. The molecule has 0 bridgehead atoms. The summed E-state index contributed by atoms with van der Waals surface area (Å²) < 4.78 is 0. The van der Waals surface area contributed by atoms with Gasteiger partial charge in [-0.1, -0.05) is 6.07 Å². The molecule has 18 heavy (non-hydrogen) atoms. The third kappa shape index (κ3) is 2.82. The van der Waals surface area contributed by atoms with Gasteiger partial charge in [-0.2, -0.15) is 0 Å². The number of nitrogens with zero attached hydrogens (tertiary/aromatic N) is 2. The zero-order valence-corrected chi connectivity index (χ0v) is 10.1. The van der Waals surface area contributed by atoms with E-state index in [4.69, 9.17) is 5.73 Å². The minimum absolute atomic E-state index is 0.213. The maximum atomic E-state index is 11.9. The summed E-state index contributed by atoms with van der Waals surface area (Å²) >= 11 is 0. The van der Waals surface area contributed by atoms with Gasteiger partial charge in [-0.05, 0) is 24.6 Å². The molecule has 0 aliphatic carbocycles. The molecular formula is C13H14N4O. The number of rotatable bonds is 3. The van der Waals surface area contributed by atoms with E-state index < -0.39 is 0 Å². The normalized spacial score (nSPS) is 10.1. The molecule has 2 aromatic rings. The van der Waals surface area contributed by atoms with Crippen LogP contribution in [-0.2, 0) is 6.54 Å². The summed E-state index contributed by atoms with van der Waals surface area (Å²) in [6.45, 7) is 2.34. The number of aromatic nitrogens is 2. The average Bonchev–Trinajstić information content (AvgIpc) is 2.38. The van der Waals surface area contributed by atoms with Crippen LogP contribution in [0, 0.1) is 6.92 Å². The van der Waals surface area contributed by atoms with Gasteiger partial charge in [0.1, 0.15) is 0 Å². The first-order chi connectivity index (χ1) is 8.66. The van der Waals surface area contributed by atoms with Crippen LogP contribution < -0.4 is 11.1 Å². The second-order valence-electron chi connectivity index (χ2n) is 3.95. The minimum Gasteiger partial charge on any atom is -0.397 e. The Balaban J connectivity index is 2.01. The van der Waals surface area contributed by atoms with Gasteiger partial charge in [0.2, 0.25) is 0 Å². The molecule has 2 rings (SSSR count). The van der Waals surface area contributed by atoms with E-state index in [0.29, 0.717) is 17.8 Å². The summed E-state index contributed by atoms with van der Waals surface area (Å²) in [7, 11) is 0. The molecule has 2 aromatic heterocycles. The van der Waals surface area contributed by atoms with Gasteiger partial charge in [0.25, 0.3) is 5.91 Å². The SMILES string of the molecule is Cc1ccc(CNC(=O)c2ccncc2N)cn1. The van der Waals surface area contributed by atoms with Crippen LogP contribution in [0.4, 0.5) is 5.69 Å². The molecule has 0 radical (unpaired) electrons. The third-order valence-corrected chi connectivity index (χ3v) is 2.52. The highest BCUT2D eigenvalue weighted by Gasteiger charge is 2.08. The second-order valence-corrected chi connectivity index (χ2v) is 3.95. The Labute approximate surface area is 105 Å². The highest BCUT2D eigenvalue weighted by atomic mass is 16.1. The number of carbonyl (C=O) groups is 1. The molecule has 2 heterocycles. The van der Waals surface area contributed by atoms with Gasteiger partial charge >= 0.3 is 0 Å². The van der Waals surface area contributed by atoms with Crippen LogP contribution in [0.3, 0.4) is 0 Å². The molecule has 0 atom stereocenters. The van der Waals surface area contributed by atoms with Crippen LogP contribution in [0.15, 0.2) is 36.8 Å². The molecule has 0 fully saturated rings. The van der Waals surface area contributed by atoms with Crippen molar-refractivity contribution in [2.24, 2.45) is 0 Å². The van der Waals surface area contributed by atoms with E-state index in [2.05, 4.69) is 15.3 Å². The van der Waals surface area contributed by atoms with Crippen molar-refractivity contribution in [2.45, 2.75) is 13.5 Å². The maximum Gasteiger partial charge on any atom is 0.253 e. The predicted molar refractivity (Wildman–Crippen MR) is 68.8 cm³/mol. The van der Waals surface area contributed by atoms with Crippen molar-refractivity contribution < 1.29 is 4.79 Å². The molecule has 0 aromatic carbocycles. The Bertz CT molecular complexity index is 551. The molecule has 0 saturated heterocycles. The smallest absolute Gasteiger partial charge is 0.253 e. The van der Waals surface area contributed by atoms with Gasteiger partial charge in [0, 0.05) is 24.6 Å². The zero-order valence-electron chi connectivity index (χ0n) is 10.1. The van der Waals surface area contributed by atoms with E-state index in [-0.39, 0.29) is 5.91 Å². The number of hydrogen-bond acceptors (Lipinski definition) is 4. The molecule has 0 aliphatic heterocycles. The molecule has 5 heteroatoms. The van der Waals surface area contributed by atoms with E-state index in [1.165, 1.54) is 6.20 Å². The molecular weight excluding hydrogens is 228 g/mol. The zero-order chi connectivity index (χ0) is 13.0. The lowest BCUT2D eigenvalue weighted by Gasteiger charge is -2.07. The Kier molecular flexibility index (Phi) is 3.52. The summed E-state index contributed by atoms with van der Waals surface area (Å²) in [4.78, 5) is 19.9. The second kappa shape index (κ2) is 5.27. The monoisotopic (exact) mass is 242 g/mol. The van der Waals surface area contributed by atoms with E-state index in [0.717, 1.165) is 11.3 Å². The lowest BCUT2D eigenvalue weighted by molar-refractivity contribution is 0.0951. The number of aryl methyl sites for hydroxylation is 1. The van der Waals surface area contributed by atoms with Crippen molar-refractivity contribution in [2.75, 3.05) is 5.73 Å². The van der Waals surface area contributed by atoms with E-state index in [1.807, 2.05) is 19.1 Å². The fourth-order valence-corrected chi connectivity index (χ4v) is 1.49. The van der Waals surface area contributed by atoms with Crippen LogP contribution in [-0.4, -0.2) is 15.9 Å². The largest absolute Gasteiger partial charge is 0.397 e. The van der Waals surface area contributed by atoms with E-state index in [1.54, 1.807) is 18.5 Å². The number of pyridine rings is 2. The van der Waals surface area contributed by atoms with Crippen molar-refractivity contribution in [3.8, 4) is 0 Å². The average molecular weight is 242 g/mol. The molecule has 0 aliphatic rings. The van der Waals surface area contributed by atoms with Crippen molar-refractivity contribution in [1.29, 1.82) is 0 Å². The topological polar surface area (TPSA) is 80.9 Å². The quantitative estimate of drug-likeness (QED) is 0.850. The fourth-order valence-electron chi connectivity index (χ4n) is 1.49. The molecule has 5 nitrogen and oxygen atoms in total. The lowest BCUT2D eigenvalue weighted by atomic mass is 10.2. The Morgan fingerprint density at radius 3 is 2.83 bits per heavy atom. The minimum atomic E-state index is -0.213. The van der Waals surface area contributed by atoms with Crippen LogP contribution >= 0.6 is 0 Å². The van der Waals surface area contributed by atoms with Crippen LogP contribution in [0.2, 0.25) is 0 Å². The first-order valence-electron chi connectivity index (χ1n) is 5.56. The fraction of sp³-hybridized carbons (Fsp3) is 0.154. The van der Waals surface area contributed by atoms with Crippen molar-refractivity contribution >= 4 is 11.6 Å². The summed E-state index contributed by atoms with van der Waals surface area (Å²) in [5.74, 6) is -0.213. The van der Waals surface area contributed by atoms with Crippen LogP contribution in [0.5, 0.6) is 0 Å². The molecule has 1 amide bonds. The van der Waals surface area contributed by atoms with E-state index >= 15 is 0 Å². The van der Waals surface area contributed by atoms with Gasteiger partial charge in [0.15, 0.2) is 0 Å². The number of carbonyl (C=O) groups excluding carboxylic acids is 1. The highest BCUT2D eigenvalue weighted by Crippen LogP contribution is 2.08. The lowest BCUT2D eigenvalue weighted by Crippen LogP contribution is -2.23. The van der Waals surface area contributed by atoms with Gasteiger partial charge < -0.3 is 11.1 Å². The Morgan fingerprint density at radius 2 is 2.17 bits per heavy atom.